The summed E-state index contributed by atoms with van der Waals surface area (Å²) in [5.41, 5.74) is 7.87. The summed E-state index contributed by atoms with van der Waals surface area (Å²) in [5, 5.41) is 2.50. The van der Waals surface area contributed by atoms with E-state index in [1.165, 1.54) is 11.3 Å². The lowest BCUT2D eigenvalue weighted by Crippen LogP contribution is -2.45. The van der Waals surface area contributed by atoms with E-state index in [1.54, 1.807) is 18.9 Å². The number of amidine groups is 1. The number of amides is 1. The first kappa shape index (κ1) is 28.3. The molecule has 1 heterocycles. The first-order valence-electron chi connectivity index (χ1n) is 13.0. The van der Waals surface area contributed by atoms with Gasteiger partial charge in [-0.3, -0.25) is 19.5 Å². The maximum absolute atomic E-state index is 14.0. The zero-order valence-electron chi connectivity index (χ0n) is 23.2. The number of ether oxygens (including phenoxy) is 2. The van der Waals surface area contributed by atoms with Crippen LogP contribution in [0.4, 0.5) is 5.13 Å². The van der Waals surface area contributed by atoms with E-state index in [0.717, 1.165) is 28.1 Å². The quantitative estimate of drug-likeness (QED) is 0.174. The van der Waals surface area contributed by atoms with Crippen molar-refractivity contribution < 1.29 is 19.1 Å². The number of aromatic nitrogens is 1. The summed E-state index contributed by atoms with van der Waals surface area (Å²) in [4.78, 5) is 37.4. The molecule has 0 saturated carbocycles. The molecule has 4 rings (SSSR count). The van der Waals surface area contributed by atoms with E-state index in [-0.39, 0.29) is 18.3 Å². The number of carbonyl (C=O) groups excluding carboxylic acids is 2. The molecule has 2 N–H and O–H groups in total. The summed E-state index contributed by atoms with van der Waals surface area (Å²) in [6.45, 7) is 8.19. The van der Waals surface area contributed by atoms with E-state index in [4.69, 9.17) is 20.2 Å². The van der Waals surface area contributed by atoms with Gasteiger partial charge in [-0.15, -0.1) is 11.3 Å². The molecule has 0 unspecified atom stereocenters. The van der Waals surface area contributed by atoms with Crippen LogP contribution in [0.1, 0.15) is 45.2 Å². The molecule has 1 aromatic heterocycles. The van der Waals surface area contributed by atoms with Crippen LogP contribution in [0.2, 0.25) is 0 Å². The largest absolute Gasteiger partial charge is 0.492 e. The van der Waals surface area contributed by atoms with Gasteiger partial charge in [0, 0.05) is 18.0 Å². The number of hydrogen-bond acceptors (Lipinski definition) is 7. The number of esters is 1. The third-order valence-electron chi connectivity index (χ3n) is 6.49. The van der Waals surface area contributed by atoms with Crippen LogP contribution in [0.5, 0.6) is 5.75 Å². The molecule has 9 heteroatoms. The second kappa shape index (κ2) is 11.6. The van der Waals surface area contributed by atoms with Gasteiger partial charge in [0.2, 0.25) is 5.91 Å². The lowest BCUT2D eigenvalue weighted by Gasteiger charge is -2.31. The second-order valence-corrected chi connectivity index (χ2v) is 11.8. The molecule has 0 aliphatic heterocycles. The summed E-state index contributed by atoms with van der Waals surface area (Å²) in [7, 11) is 1.73. The number of rotatable bonds is 9. The second-order valence-electron chi connectivity index (χ2n) is 10.9. The molecular weight excluding hydrogens is 512 g/mol. The number of nitrogens with two attached hydrogens (primary N) is 1. The smallest absolute Gasteiger partial charge is 0.307 e. The van der Waals surface area contributed by atoms with Gasteiger partial charge >= 0.3 is 5.97 Å². The van der Waals surface area contributed by atoms with Crippen LogP contribution in [-0.2, 0) is 27.2 Å². The molecule has 3 aromatic rings. The van der Waals surface area contributed by atoms with Gasteiger partial charge in [0.25, 0.3) is 0 Å². The molecule has 8 nitrogen and oxygen atoms in total. The number of thiazole rings is 1. The normalized spacial score (nSPS) is 14.5. The molecule has 0 atom stereocenters. The number of fused-ring (bicyclic) bond motifs is 1. The molecule has 0 fully saturated rings. The fourth-order valence-corrected chi connectivity index (χ4v) is 5.60. The van der Waals surface area contributed by atoms with Crippen molar-refractivity contribution >= 4 is 34.2 Å². The van der Waals surface area contributed by atoms with Crippen LogP contribution in [0, 0.1) is 5.41 Å². The number of anilines is 1. The Hall–Kier alpha value is -3.72. The van der Waals surface area contributed by atoms with E-state index < -0.39 is 11.0 Å². The highest BCUT2D eigenvalue weighted by molar-refractivity contribution is 7.14. The van der Waals surface area contributed by atoms with Crippen molar-refractivity contribution in [2.45, 2.75) is 52.6 Å². The third kappa shape index (κ3) is 7.03. The number of nitrogens with zero attached hydrogens (tertiary/aromatic N) is 3. The fourth-order valence-electron chi connectivity index (χ4n) is 4.80. The van der Waals surface area contributed by atoms with Crippen molar-refractivity contribution in [2.24, 2.45) is 16.1 Å². The minimum atomic E-state index is -0.919. The maximum Gasteiger partial charge on any atom is 0.307 e. The van der Waals surface area contributed by atoms with Crippen molar-refractivity contribution in [1.82, 2.24) is 4.98 Å². The van der Waals surface area contributed by atoms with Crippen LogP contribution < -0.4 is 15.4 Å². The zero-order valence-corrected chi connectivity index (χ0v) is 24.0. The lowest BCUT2D eigenvalue weighted by molar-refractivity contribution is -0.159. The van der Waals surface area contributed by atoms with E-state index in [0.29, 0.717) is 37.0 Å². The summed E-state index contributed by atoms with van der Waals surface area (Å²) in [5.74, 6) is 0.759. The van der Waals surface area contributed by atoms with Gasteiger partial charge < -0.3 is 15.2 Å². The summed E-state index contributed by atoms with van der Waals surface area (Å²) in [6, 6.07) is 15.6. The number of carbonyl (C=O) groups is 2. The van der Waals surface area contributed by atoms with Crippen molar-refractivity contribution in [2.75, 3.05) is 25.1 Å². The van der Waals surface area contributed by atoms with Crippen LogP contribution in [-0.4, -0.2) is 48.5 Å². The Morgan fingerprint density at radius 2 is 1.74 bits per heavy atom. The number of aliphatic imine (C=N–C) groups is 1. The van der Waals surface area contributed by atoms with Gasteiger partial charge in [0.15, 0.2) is 5.13 Å². The topological polar surface area (TPSA) is 107 Å². The minimum Gasteiger partial charge on any atom is -0.492 e. The highest BCUT2D eigenvalue weighted by Gasteiger charge is 2.48. The molecule has 1 aliphatic carbocycles. The predicted molar refractivity (Wildman–Crippen MR) is 155 cm³/mol. The molecule has 0 spiro atoms. The molecule has 0 bridgehead atoms. The van der Waals surface area contributed by atoms with Crippen LogP contribution in [0.25, 0.3) is 11.3 Å². The van der Waals surface area contributed by atoms with E-state index >= 15 is 0 Å². The highest BCUT2D eigenvalue weighted by atomic mass is 32.1. The Balaban J connectivity index is 1.50. The van der Waals surface area contributed by atoms with Gasteiger partial charge in [-0.2, -0.15) is 0 Å². The number of hydrogen-bond donors (Lipinski definition) is 1. The highest BCUT2D eigenvalue weighted by Crippen LogP contribution is 2.43. The van der Waals surface area contributed by atoms with Crippen LogP contribution in [0.15, 0.2) is 58.9 Å². The Morgan fingerprint density at radius 1 is 1.10 bits per heavy atom. The molecular formula is C30H36N4O4S. The Bertz CT molecular complexity index is 1330. The Labute approximate surface area is 233 Å². The van der Waals surface area contributed by atoms with Gasteiger partial charge in [-0.1, -0.05) is 24.3 Å². The predicted octanol–water partition coefficient (Wildman–Crippen LogP) is 5.05. The van der Waals surface area contributed by atoms with E-state index in [1.807, 2.05) is 74.7 Å². The average molecular weight is 549 g/mol. The first-order chi connectivity index (χ1) is 18.5. The van der Waals surface area contributed by atoms with Gasteiger partial charge in [0.05, 0.1) is 29.9 Å². The summed E-state index contributed by atoms with van der Waals surface area (Å²) < 4.78 is 11.3. The molecule has 1 aliphatic rings. The fraction of sp³-hybridized carbons (Fsp3) is 0.400. The Morgan fingerprint density at radius 3 is 2.33 bits per heavy atom. The van der Waals surface area contributed by atoms with Crippen LogP contribution >= 0.6 is 11.3 Å². The Kier molecular flexibility index (Phi) is 8.39. The standard InChI is InChI=1S/C30H36N4O4S/c1-20(31)32-14-15-37-24-12-10-21(11-13-24)25-19-39-28(33-25)34(5)27(36)30(18-26(35)38-29(2,3)4)16-22-8-6-7-9-23(22)17-30/h6-13,19H,14-18H2,1-5H3,(H2,31,32). The summed E-state index contributed by atoms with van der Waals surface area (Å²) >= 11 is 1.39. The third-order valence-corrected chi connectivity index (χ3v) is 7.40. The molecule has 206 valence electrons. The van der Waals surface area contributed by atoms with Crippen molar-refractivity contribution in [1.29, 1.82) is 0 Å². The molecule has 2 aromatic carbocycles. The van der Waals surface area contributed by atoms with E-state index in [9.17, 15) is 9.59 Å². The molecule has 1 amide bonds. The summed E-state index contributed by atoms with van der Waals surface area (Å²) in [6.07, 6.45) is 0.987. The zero-order chi connectivity index (χ0) is 28.2. The first-order valence-corrected chi connectivity index (χ1v) is 13.9. The SMILES string of the molecule is CC(N)=NCCOc1ccc(-c2csc(N(C)C(=O)C3(CC(=O)OC(C)(C)C)Cc4ccccc4C3)n2)cc1. The molecule has 0 radical (unpaired) electrons. The van der Waals surface area contributed by atoms with Crippen molar-refractivity contribution in [3.63, 3.8) is 0 Å². The van der Waals surface area contributed by atoms with Crippen molar-refractivity contribution in [3.8, 4) is 17.0 Å². The lowest BCUT2D eigenvalue weighted by atomic mass is 9.80. The minimum absolute atomic E-state index is 0.0119. The van der Waals surface area contributed by atoms with Gasteiger partial charge in [-0.05, 0) is 75.9 Å². The maximum atomic E-state index is 14.0. The van der Waals surface area contributed by atoms with Gasteiger partial charge in [-0.25, -0.2) is 4.98 Å². The molecule has 39 heavy (non-hydrogen) atoms. The number of benzene rings is 2. The monoisotopic (exact) mass is 548 g/mol. The van der Waals surface area contributed by atoms with Gasteiger partial charge in [0.1, 0.15) is 18.0 Å². The van der Waals surface area contributed by atoms with E-state index in [2.05, 4.69) is 4.99 Å². The molecule has 0 saturated heterocycles. The van der Waals surface area contributed by atoms with Crippen molar-refractivity contribution in [3.05, 3.63) is 65.0 Å². The van der Waals surface area contributed by atoms with Crippen LogP contribution in [0.3, 0.4) is 0 Å². The average Bonchev–Trinajstić information content (AvgIpc) is 3.50.